The van der Waals surface area contributed by atoms with Crippen LogP contribution in [0.3, 0.4) is 0 Å². The Morgan fingerprint density at radius 3 is 2.35 bits per heavy atom. The van der Waals surface area contributed by atoms with Gasteiger partial charge in [0.2, 0.25) is 0 Å². The van der Waals surface area contributed by atoms with Crippen molar-refractivity contribution >= 4 is 0 Å². The third kappa shape index (κ3) is 3.00. The molecule has 0 bridgehead atoms. The summed E-state index contributed by atoms with van der Waals surface area (Å²) in [4.78, 5) is 2.68. The van der Waals surface area contributed by atoms with E-state index in [1.165, 1.54) is 32.2 Å². The zero-order valence-electron chi connectivity index (χ0n) is 19.9. The molecule has 3 N–H and O–H groups in total. The first-order valence-corrected chi connectivity index (χ1v) is 13.5. The second-order valence-electron chi connectivity index (χ2n) is 13.4. The van der Waals surface area contributed by atoms with Crippen molar-refractivity contribution in [1.29, 1.82) is 0 Å². The summed E-state index contributed by atoms with van der Waals surface area (Å²) >= 11 is 0. The topological polar surface area (TPSA) is 63.9 Å². The predicted molar refractivity (Wildman–Crippen MR) is 121 cm³/mol. The summed E-state index contributed by atoms with van der Waals surface area (Å²) in [5.74, 6) is 4.89. The molecule has 4 aliphatic carbocycles. The standard InChI is InChI=1S/C27H45NO3/c1-15-4-7-25-27(3,31)21-6-5-17-18(20(21)14-28(25)13-15)11-22-19(17)12-24(30)23-10-16(29)8-9-26(22,23)2/h15-25,29-31H,4-14H2,1-3H3/t15-,16-,17+,18+,19-,20-,21+,22-,23+,24-,25-,26+,27-/m0/s1. The molecule has 0 aromatic carbocycles. The second kappa shape index (κ2) is 7.17. The fourth-order valence-electron chi connectivity index (χ4n) is 10.6. The molecule has 0 unspecified atom stereocenters. The fourth-order valence-corrected chi connectivity index (χ4v) is 10.6. The molecule has 2 aliphatic heterocycles. The predicted octanol–water partition coefficient (Wildman–Crippen LogP) is 3.68. The Morgan fingerprint density at radius 1 is 0.742 bits per heavy atom. The van der Waals surface area contributed by atoms with E-state index in [9.17, 15) is 15.3 Å². The Kier molecular flexibility index (Phi) is 4.94. The van der Waals surface area contributed by atoms with Gasteiger partial charge in [-0.15, -0.1) is 0 Å². The van der Waals surface area contributed by atoms with Gasteiger partial charge in [-0.3, -0.25) is 4.90 Å². The highest BCUT2D eigenvalue weighted by molar-refractivity contribution is 5.14. The normalized spacial score (nSPS) is 61.5. The molecule has 0 amide bonds. The SMILES string of the molecule is C[C@H]1CC[C@@H]2N(C1)C[C@H]1[C@@H]3C[C@H]4[C@@H](C[C@H](O)[C@H]5C[C@@H](O)CC[C@@]54C)[C@@H]3CC[C@H]1[C@]2(C)O. The van der Waals surface area contributed by atoms with Gasteiger partial charge in [0.25, 0.3) is 0 Å². The summed E-state index contributed by atoms with van der Waals surface area (Å²) in [6, 6.07) is 0.355. The van der Waals surface area contributed by atoms with Gasteiger partial charge in [0, 0.05) is 19.1 Å². The van der Waals surface area contributed by atoms with E-state index in [1.807, 2.05) is 0 Å². The molecule has 0 radical (unpaired) electrons. The number of aliphatic hydroxyl groups is 3. The van der Waals surface area contributed by atoms with Crippen molar-refractivity contribution in [2.75, 3.05) is 13.1 Å². The zero-order valence-corrected chi connectivity index (χ0v) is 19.9. The highest BCUT2D eigenvalue weighted by atomic mass is 16.3. The molecule has 176 valence electrons. The van der Waals surface area contributed by atoms with Crippen LogP contribution >= 0.6 is 0 Å². The average molecular weight is 432 g/mol. The lowest BCUT2D eigenvalue weighted by Crippen LogP contribution is -2.67. The van der Waals surface area contributed by atoms with Crippen LogP contribution < -0.4 is 0 Å². The molecule has 2 saturated heterocycles. The molecule has 0 spiro atoms. The van der Waals surface area contributed by atoms with Crippen LogP contribution in [0.25, 0.3) is 0 Å². The van der Waals surface area contributed by atoms with E-state index in [1.54, 1.807) is 0 Å². The minimum absolute atomic E-state index is 0.188. The lowest BCUT2D eigenvalue weighted by molar-refractivity contribution is -0.176. The number of piperidine rings is 2. The molecule has 2 heterocycles. The maximum atomic E-state index is 11.8. The number of aliphatic hydroxyl groups excluding tert-OH is 2. The van der Waals surface area contributed by atoms with Gasteiger partial charge in [-0.1, -0.05) is 13.8 Å². The first kappa shape index (κ1) is 21.4. The van der Waals surface area contributed by atoms with Crippen LogP contribution in [0.5, 0.6) is 0 Å². The highest BCUT2D eigenvalue weighted by Gasteiger charge is 2.64. The van der Waals surface area contributed by atoms with E-state index in [0.29, 0.717) is 35.6 Å². The molecule has 4 saturated carbocycles. The molecule has 31 heavy (non-hydrogen) atoms. The van der Waals surface area contributed by atoms with Crippen molar-refractivity contribution in [3.8, 4) is 0 Å². The monoisotopic (exact) mass is 431 g/mol. The minimum Gasteiger partial charge on any atom is -0.393 e. The van der Waals surface area contributed by atoms with Gasteiger partial charge in [-0.25, -0.2) is 0 Å². The highest BCUT2D eigenvalue weighted by Crippen LogP contribution is 2.67. The van der Waals surface area contributed by atoms with E-state index < -0.39 is 5.60 Å². The zero-order chi connectivity index (χ0) is 21.7. The summed E-state index contributed by atoms with van der Waals surface area (Å²) in [5, 5.41) is 33.3. The maximum absolute atomic E-state index is 11.8. The van der Waals surface area contributed by atoms with Crippen molar-refractivity contribution in [3.05, 3.63) is 0 Å². The number of hydrogen-bond acceptors (Lipinski definition) is 4. The lowest BCUT2D eigenvalue weighted by Gasteiger charge is -2.60. The largest absolute Gasteiger partial charge is 0.393 e. The van der Waals surface area contributed by atoms with Gasteiger partial charge in [-0.2, -0.15) is 0 Å². The van der Waals surface area contributed by atoms with E-state index in [4.69, 9.17) is 0 Å². The Hall–Kier alpha value is -0.160. The van der Waals surface area contributed by atoms with Gasteiger partial charge < -0.3 is 15.3 Å². The molecule has 6 aliphatic rings. The third-order valence-electron chi connectivity index (χ3n) is 12.0. The molecule has 6 fully saturated rings. The van der Waals surface area contributed by atoms with Crippen molar-refractivity contribution in [3.63, 3.8) is 0 Å². The minimum atomic E-state index is -0.553. The van der Waals surface area contributed by atoms with Crippen LogP contribution in [0.1, 0.15) is 78.6 Å². The van der Waals surface area contributed by atoms with Crippen LogP contribution in [0, 0.1) is 52.8 Å². The summed E-state index contributed by atoms with van der Waals surface area (Å²) in [5.41, 5.74) is -0.365. The van der Waals surface area contributed by atoms with Crippen LogP contribution in [-0.4, -0.2) is 57.2 Å². The second-order valence-corrected chi connectivity index (χ2v) is 13.4. The van der Waals surface area contributed by atoms with Gasteiger partial charge >= 0.3 is 0 Å². The summed E-state index contributed by atoms with van der Waals surface area (Å²) in [6.45, 7) is 9.36. The molecular weight excluding hydrogens is 386 g/mol. The summed E-state index contributed by atoms with van der Waals surface area (Å²) in [6.07, 6.45) is 9.43. The van der Waals surface area contributed by atoms with Crippen LogP contribution in [-0.2, 0) is 0 Å². The lowest BCUT2D eigenvalue weighted by atomic mass is 9.51. The number of rotatable bonds is 0. The van der Waals surface area contributed by atoms with E-state index in [-0.39, 0.29) is 23.5 Å². The Bertz CT molecular complexity index is 711. The molecule has 4 heteroatoms. The summed E-state index contributed by atoms with van der Waals surface area (Å²) < 4.78 is 0. The van der Waals surface area contributed by atoms with E-state index >= 15 is 0 Å². The Morgan fingerprint density at radius 2 is 1.55 bits per heavy atom. The van der Waals surface area contributed by atoms with Crippen LogP contribution in [0.4, 0.5) is 0 Å². The van der Waals surface area contributed by atoms with Gasteiger partial charge in [0.05, 0.1) is 17.8 Å². The summed E-state index contributed by atoms with van der Waals surface area (Å²) in [7, 11) is 0. The average Bonchev–Trinajstić information content (AvgIpc) is 3.09. The van der Waals surface area contributed by atoms with Gasteiger partial charge in [-0.05, 0) is 117 Å². The van der Waals surface area contributed by atoms with Crippen molar-refractivity contribution in [2.24, 2.45) is 52.8 Å². The van der Waals surface area contributed by atoms with Crippen molar-refractivity contribution in [1.82, 2.24) is 4.90 Å². The molecule has 6 rings (SSSR count). The Balaban J connectivity index is 1.30. The van der Waals surface area contributed by atoms with E-state index in [0.717, 1.165) is 50.5 Å². The van der Waals surface area contributed by atoms with Crippen molar-refractivity contribution in [2.45, 2.75) is 102 Å². The maximum Gasteiger partial charge on any atom is 0.0805 e. The Labute approximate surface area is 188 Å². The number of nitrogens with zero attached hydrogens (tertiary/aromatic N) is 1. The quantitative estimate of drug-likeness (QED) is 0.547. The molecule has 13 atom stereocenters. The van der Waals surface area contributed by atoms with Gasteiger partial charge in [0.1, 0.15) is 0 Å². The fraction of sp³-hybridized carbons (Fsp3) is 1.00. The van der Waals surface area contributed by atoms with Gasteiger partial charge in [0.15, 0.2) is 0 Å². The first-order chi connectivity index (χ1) is 14.7. The molecule has 0 aromatic rings. The third-order valence-corrected chi connectivity index (χ3v) is 12.0. The number of hydrogen-bond donors (Lipinski definition) is 3. The smallest absolute Gasteiger partial charge is 0.0805 e. The molecular formula is C27H45NO3. The molecule has 0 aromatic heterocycles. The number of fused-ring (bicyclic) bond motifs is 8. The van der Waals surface area contributed by atoms with Crippen molar-refractivity contribution < 1.29 is 15.3 Å². The molecule has 4 nitrogen and oxygen atoms in total. The van der Waals surface area contributed by atoms with E-state index in [2.05, 4.69) is 25.7 Å². The first-order valence-electron chi connectivity index (χ1n) is 13.5. The van der Waals surface area contributed by atoms with Crippen LogP contribution in [0.2, 0.25) is 0 Å². The van der Waals surface area contributed by atoms with Crippen LogP contribution in [0.15, 0.2) is 0 Å².